The minimum absolute atomic E-state index is 0.0215. The smallest absolute Gasteiger partial charge is 0.328 e. The van der Waals surface area contributed by atoms with Crippen molar-refractivity contribution < 1.29 is 9.63 Å². The van der Waals surface area contributed by atoms with E-state index in [1.54, 1.807) is 17.5 Å². The number of carbonyl (C=O) groups excluding carboxylic acids is 1. The Balaban J connectivity index is 1.81. The lowest BCUT2D eigenvalue weighted by Crippen LogP contribution is -2.47. The first kappa shape index (κ1) is 14.8. The Labute approximate surface area is 120 Å². The van der Waals surface area contributed by atoms with Crippen molar-refractivity contribution in [2.45, 2.75) is 26.7 Å². The maximum Gasteiger partial charge on any atom is 0.328 e. The standard InChI is InChI=1S/C15H23N3O2/c1-3-13(4-2)15(19)20-18-11-9-17(10-12-18)14-5-7-16-8-6-14/h5-8,13H,3-4,9-12H2,1-2H3. The van der Waals surface area contributed by atoms with Crippen LogP contribution in [-0.4, -0.2) is 42.2 Å². The number of hydrogen-bond acceptors (Lipinski definition) is 5. The molecule has 0 radical (unpaired) electrons. The summed E-state index contributed by atoms with van der Waals surface area (Å²) < 4.78 is 0. The van der Waals surface area contributed by atoms with Crippen molar-refractivity contribution in [1.82, 2.24) is 10.0 Å². The Kier molecular flexibility index (Phi) is 5.35. The van der Waals surface area contributed by atoms with Crippen LogP contribution in [0.2, 0.25) is 0 Å². The third kappa shape index (κ3) is 3.70. The zero-order valence-corrected chi connectivity index (χ0v) is 12.3. The van der Waals surface area contributed by atoms with Gasteiger partial charge in [-0.1, -0.05) is 13.8 Å². The van der Waals surface area contributed by atoms with Crippen molar-refractivity contribution >= 4 is 11.7 Å². The molecule has 0 bridgehead atoms. The minimum Gasteiger partial charge on any atom is -0.369 e. The summed E-state index contributed by atoms with van der Waals surface area (Å²) in [5.74, 6) is -0.0689. The van der Waals surface area contributed by atoms with Crippen LogP contribution in [0.1, 0.15) is 26.7 Å². The zero-order valence-electron chi connectivity index (χ0n) is 12.3. The minimum atomic E-state index is -0.0904. The van der Waals surface area contributed by atoms with Gasteiger partial charge in [0.15, 0.2) is 0 Å². The summed E-state index contributed by atoms with van der Waals surface area (Å²) in [6.07, 6.45) is 5.28. The van der Waals surface area contributed by atoms with Crippen LogP contribution in [0.3, 0.4) is 0 Å². The van der Waals surface area contributed by atoms with Crippen molar-refractivity contribution in [2.24, 2.45) is 5.92 Å². The number of piperazine rings is 1. The highest BCUT2D eigenvalue weighted by atomic mass is 16.7. The zero-order chi connectivity index (χ0) is 14.4. The molecule has 1 aromatic heterocycles. The fourth-order valence-corrected chi connectivity index (χ4v) is 2.42. The molecule has 1 aliphatic rings. The highest BCUT2D eigenvalue weighted by Crippen LogP contribution is 2.16. The van der Waals surface area contributed by atoms with Gasteiger partial charge in [-0.25, -0.2) is 0 Å². The van der Waals surface area contributed by atoms with Crippen LogP contribution in [0.5, 0.6) is 0 Å². The Hall–Kier alpha value is -1.62. The van der Waals surface area contributed by atoms with Crippen molar-refractivity contribution in [3.63, 3.8) is 0 Å². The quantitative estimate of drug-likeness (QED) is 0.824. The molecule has 0 atom stereocenters. The van der Waals surface area contributed by atoms with Gasteiger partial charge >= 0.3 is 5.97 Å². The molecule has 0 saturated carbocycles. The molecule has 1 fully saturated rings. The molecular weight excluding hydrogens is 254 g/mol. The fraction of sp³-hybridized carbons (Fsp3) is 0.600. The van der Waals surface area contributed by atoms with Crippen molar-refractivity contribution in [1.29, 1.82) is 0 Å². The molecule has 0 amide bonds. The molecule has 2 rings (SSSR count). The molecular formula is C15H23N3O2. The van der Waals surface area contributed by atoms with Gasteiger partial charge in [0.05, 0.1) is 19.0 Å². The first-order chi connectivity index (χ1) is 9.74. The number of hydroxylamine groups is 2. The molecule has 110 valence electrons. The first-order valence-corrected chi connectivity index (χ1v) is 7.36. The third-order valence-corrected chi connectivity index (χ3v) is 3.80. The Morgan fingerprint density at radius 1 is 1.20 bits per heavy atom. The van der Waals surface area contributed by atoms with Gasteiger partial charge < -0.3 is 9.74 Å². The van der Waals surface area contributed by atoms with E-state index in [1.807, 2.05) is 26.0 Å². The molecule has 1 saturated heterocycles. The number of nitrogens with zero attached hydrogens (tertiary/aromatic N) is 3. The molecule has 5 nitrogen and oxygen atoms in total. The summed E-state index contributed by atoms with van der Waals surface area (Å²) in [5.41, 5.74) is 1.17. The van der Waals surface area contributed by atoms with Crippen molar-refractivity contribution in [3.05, 3.63) is 24.5 Å². The number of pyridine rings is 1. The van der Waals surface area contributed by atoms with Gasteiger partial charge in [0.2, 0.25) is 0 Å². The molecule has 0 unspecified atom stereocenters. The molecule has 2 heterocycles. The van der Waals surface area contributed by atoms with Gasteiger partial charge in [0.1, 0.15) is 0 Å². The number of rotatable bonds is 5. The number of carbonyl (C=O) groups is 1. The summed E-state index contributed by atoms with van der Waals surface area (Å²) in [5, 5.41) is 1.79. The first-order valence-electron chi connectivity index (χ1n) is 7.36. The number of hydrogen-bond donors (Lipinski definition) is 0. The molecule has 1 aromatic rings. The normalized spacial score (nSPS) is 16.4. The highest BCUT2D eigenvalue weighted by Gasteiger charge is 2.23. The van der Waals surface area contributed by atoms with Gasteiger partial charge in [0, 0.05) is 31.2 Å². The van der Waals surface area contributed by atoms with Crippen LogP contribution in [0.25, 0.3) is 0 Å². The second-order valence-electron chi connectivity index (χ2n) is 5.05. The van der Waals surface area contributed by atoms with Crippen LogP contribution in [0.15, 0.2) is 24.5 Å². The summed E-state index contributed by atoms with van der Waals surface area (Å²) in [4.78, 5) is 23.7. The van der Waals surface area contributed by atoms with E-state index in [0.29, 0.717) is 0 Å². The number of aromatic nitrogens is 1. The maximum atomic E-state index is 11.9. The van der Waals surface area contributed by atoms with E-state index in [4.69, 9.17) is 4.84 Å². The van der Waals surface area contributed by atoms with Crippen molar-refractivity contribution in [2.75, 3.05) is 31.1 Å². The van der Waals surface area contributed by atoms with Crippen LogP contribution in [0, 0.1) is 5.92 Å². The van der Waals surface area contributed by atoms with E-state index in [1.165, 1.54) is 5.69 Å². The van der Waals surface area contributed by atoms with Gasteiger partial charge in [-0.05, 0) is 25.0 Å². The average molecular weight is 277 g/mol. The molecule has 5 heteroatoms. The molecule has 0 N–H and O–H groups in total. The Morgan fingerprint density at radius 2 is 1.80 bits per heavy atom. The van der Waals surface area contributed by atoms with E-state index in [0.717, 1.165) is 39.0 Å². The second-order valence-corrected chi connectivity index (χ2v) is 5.05. The monoisotopic (exact) mass is 277 g/mol. The van der Waals surface area contributed by atoms with Gasteiger partial charge in [0.25, 0.3) is 0 Å². The van der Waals surface area contributed by atoms with E-state index in [9.17, 15) is 4.79 Å². The SMILES string of the molecule is CCC(CC)C(=O)ON1CCN(c2ccncc2)CC1. The van der Waals surface area contributed by atoms with E-state index in [-0.39, 0.29) is 11.9 Å². The topological polar surface area (TPSA) is 45.7 Å². The lowest BCUT2D eigenvalue weighted by Gasteiger charge is -2.35. The molecule has 0 aliphatic carbocycles. The largest absolute Gasteiger partial charge is 0.369 e. The summed E-state index contributed by atoms with van der Waals surface area (Å²) in [6, 6.07) is 4.01. The third-order valence-electron chi connectivity index (χ3n) is 3.80. The van der Waals surface area contributed by atoms with Crippen LogP contribution < -0.4 is 4.90 Å². The lowest BCUT2D eigenvalue weighted by molar-refractivity contribution is -0.197. The predicted molar refractivity (Wildman–Crippen MR) is 78.2 cm³/mol. The highest BCUT2D eigenvalue weighted by molar-refractivity contribution is 5.72. The van der Waals surface area contributed by atoms with E-state index >= 15 is 0 Å². The van der Waals surface area contributed by atoms with Gasteiger partial charge in [-0.15, -0.1) is 5.06 Å². The maximum absolute atomic E-state index is 11.9. The predicted octanol–water partition coefficient (Wildman–Crippen LogP) is 2.10. The summed E-state index contributed by atoms with van der Waals surface area (Å²) >= 11 is 0. The number of anilines is 1. The summed E-state index contributed by atoms with van der Waals surface area (Å²) in [7, 11) is 0. The van der Waals surface area contributed by atoms with Gasteiger partial charge in [-0.2, -0.15) is 0 Å². The van der Waals surface area contributed by atoms with Crippen LogP contribution >= 0.6 is 0 Å². The van der Waals surface area contributed by atoms with Crippen LogP contribution in [0.4, 0.5) is 5.69 Å². The molecule has 20 heavy (non-hydrogen) atoms. The lowest BCUT2D eigenvalue weighted by atomic mass is 10.0. The summed E-state index contributed by atoms with van der Waals surface area (Å²) in [6.45, 7) is 7.26. The van der Waals surface area contributed by atoms with E-state index in [2.05, 4.69) is 9.88 Å². The molecule has 0 aromatic carbocycles. The van der Waals surface area contributed by atoms with Crippen LogP contribution in [-0.2, 0) is 9.63 Å². The molecule has 1 aliphatic heterocycles. The fourth-order valence-electron chi connectivity index (χ4n) is 2.42. The molecule has 0 spiro atoms. The second kappa shape index (κ2) is 7.24. The Bertz CT molecular complexity index is 412. The average Bonchev–Trinajstić information content (AvgIpc) is 2.50. The van der Waals surface area contributed by atoms with E-state index < -0.39 is 0 Å². The Morgan fingerprint density at radius 3 is 2.35 bits per heavy atom. The van der Waals surface area contributed by atoms with Crippen molar-refractivity contribution in [3.8, 4) is 0 Å². The van der Waals surface area contributed by atoms with Gasteiger partial charge in [-0.3, -0.25) is 9.78 Å².